The molecule has 0 radical (unpaired) electrons. The highest BCUT2D eigenvalue weighted by molar-refractivity contribution is 5.00. The van der Waals surface area contributed by atoms with Gasteiger partial charge in [-0.15, -0.1) is 0 Å². The van der Waals surface area contributed by atoms with Crippen molar-refractivity contribution < 1.29 is 0 Å². The first-order valence-corrected chi connectivity index (χ1v) is 7.94. The Morgan fingerprint density at radius 1 is 1.17 bits per heavy atom. The van der Waals surface area contributed by atoms with Crippen molar-refractivity contribution in [3.63, 3.8) is 0 Å². The number of rotatable bonds is 2. The second-order valence-electron chi connectivity index (χ2n) is 6.64. The zero-order valence-corrected chi connectivity index (χ0v) is 12.1. The minimum atomic E-state index is 0.860. The molecular formula is C15H29N3. The average Bonchev–Trinajstić information content (AvgIpc) is 2.86. The van der Waals surface area contributed by atoms with Gasteiger partial charge in [0, 0.05) is 18.6 Å². The maximum atomic E-state index is 3.60. The third-order valence-corrected chi connectivity index (χ3v) is 5.57. The van der Waals surface area contributed by atoms with E-state index in [9.17, 15) is 0 Å². The van der Waals surface area contributed by atoms with Crippen molar-refractivity contribution in [3.05, 3.63) is 0 Å². The largest absolute Gasteiger partial charge is 0.316 e. The second kappa shape index (κ2) is 5.48. The summed E-state index contributed by atoms with van der Waals surface area (Å²) in [5, 5.41) is 3.60. The molecule has 3 rings (SSSR count). The fourth-order valence-electron chi connectivity index (χ4n) is 4.57. The molecule has 0 aromatic carbocycles. The molecule has 3 fully saturated rings. The van der Waals surface area contributed by atoms with Gasteiger partial charge < -0.3 is 10.2 Å². The van der Waals surface area contributed by atoms with Crippen LogP contribution >= 0.6 is 0 Å². The van der Waals surface area contributed by atoms with E-state index in [1.165, 1.54) is 58.4 Å². The number of nitrogens with zero attached hydrogens (tertiary/aromatic N) is 2. The van der Waals surface area contributed by atoms with Gasteiger partial charge in [0.15, 0.2) is 0 Å². The smallest absolute Gasteiger partial charge is 0.0140 e. The molecule has 4 atom stereocenters. The Morgan fingerprint density at radius 3 is 2.89 bits per heavy atom. The molecule has 0 bridgehead atoms. The molecule has 0 aliphatic carbocycles. The number of nitrogens with one attached hydrogen (secondary N) is 1. The Labute approximate surface area is 112 Å². The van der Waals surface area contributed by atoms with Gasteiger partial charge in [-0.25, -0.2) is 0 Å². The van der Waals surface area contributed by atoms with Crippen molar-refractivity contribution >= 4 is 0 Å². The zero-order valence-electron chi connectivity index (χ0n) is 12.1. The highest BCUT2D eigenvalue weighted by Crippen LogP contribution is 2.37. The van der Waals surface area contributed by atoms with E-state index in [1.54, 1.807) is 0 Å². The number of fused-ring (bicyclic) bond motifs is 1. The fraction of sp³-hybridized carbons (Fsp3) is 1.00. The lowest BCUT2D eigenvalue weighted by molar-refractivity contribution is 0.141. The summed E-state index contributed by atoms with van der Waals surface area (Å²) in [6.45, 7) is 8.89. The fourth-order valence-corrected chi connectivity index (χ4v) is 4.57. The van der Waals surface area contributed by atoms with E-state index in [0.29, 0.717) is 0 Å². The van der Waals surface area contributed by atoms with Crippen LogP contribution in [0.2, 0.25) is 0 Å². The number of likely N-dealkylation sites (tertiary alicyclic amines) is 2. The first-order chi connectivity index (χ1) is 8.79. The Bertz CT molecular complexity index is 281. The summed E-state index contributed by atoms with van der Waals surface area (Å²) in [4.78, 5) is 5.41. The molecule has 104 valence electrons. The van der Waals surface area contributed by atoms with Gasteiger partial charge >= 0.3 is 0 Å². The quantitative estimate of drug-likeness (QED) is 0.800. The van der Waals surface area contributed by atoms with Crippen molar-refractivity contribution in [3.8, 4) is 0 Å². The lowest BCUT2D eigenvalue weighted by atomic mass is 9.92. The highest BCUT2D eigenvalue weighted by Gasteiger charge is 2.45. The van der Waals surface area contributed by atoms with E-state index in [0.717, 1.165) is 23.9 Å². The molecule has 3 heterocycles. The first-order valence-electron chi connectivity index (χ1n) is 7.94. The Balaban J connectivity index is 1.67. The monoisotopic (exact) mass is 251 g/mol. The van der Waals surface area contributed by atoms with E-state index >= 15 is 0 Å². The maximum Gasteiger partial charge on any atom is 0.0140 e. The molecule has 4 unspecified atom stereocenters. The third-order valence-electron chi connectivity index (χ3n) is 5.57. The van der Waals surface area contributed by atoms with Crippen molar-refractivity contribution in [2.45, 2.75) is 44.7 Å². The summed E-state index contributed by atoms with van der Waals surface area (Å²) in [6.07, 6.45) is 5.55. The van der Waals surface area contributed by atoms with Crippen LogP contribution in [0.25, 0.3) is 0 Å². The summed E-state index contributed by atoms with van der Waals surface area (Å²) < 4.78 is 0. The van der Waals surface area contributed by atoms with Crippen molar-refractivity contribution in [2.75, 3.05) is 39.8 Å². The zero-order chi connectivity index (χ0) is 12.5. The van der Waals surface area contributed by atoms with Gasteiger partial charge in [-0.2, -0.15) is 0 Å². The van der Waals surface area contributed by atoms with Crippen molar-refractivity contribution in [1.82, 2.24) is 15.1 Å². The van der Waals surface area contributed by atoms with Crippen LogP contribution in [0.4, 0.5) is 0 Å². The predicted octanol–water partition coefficient (Wildman–Crippen LogP) is 1.40. The lowest BCUT2D eigenvalue weighted by Gasteiger charge is -2.34. The SMILES string of the molecule is CCC1C2CNCC2CN1C1CCCN(C)CC1. The van der Waals surface area contributed by atoms with Crippen molar-refractivity contribution in [2.24, 2.45) is 11.8 Å². The molecule has 3 heteroatoms. The summed E-state index contributed by atoms with van der Waals surface area (Å²) in [5.41, 5.74) is 0. The summed E-state index contributed by atoms with van der Waals surface area (Å²) in [5.74, 6) is 1.88. The van der Waals surface area contributed by atoms with Gasteiger partial charge in [0.05, 0.1) is 0 Å². The van der Waals surface area contributed by atoms with Crippen molar-refractivity contribution in [1.29, 1.82) is 0 Å². The van der Waals surface area contributed by atoms with Crippen LogP contribution in [0.5, 0.6) is 0 Å². The lowest BCUT2D eigenvalue weighted by Crippen LogP contribution is -2.42. The molecule has 0 aromatic heterocycles. The third kappa shape index (κ3) is 2.33. The van der Waals surface area contributed by atoms with Gasteiger partial charge in [-0.1, -0.05) is 6.92 Å². The predicted molar refractivity (Wildman–Crippen MR) is 75.8 cm³/mol. The minimum absolute atomic E-state index is 0.860. The van der Waals surface area contributed by atoms with Crippen LogP contribution in [-0.2, 0) is 0 Å². The molecule has 3 nitrogen and oxygen atoms in total. The molecule has 3 aliphatic heterocycles. The van der Waals surface area contributed by atoms with Crippen LogP contribution in [-0.4, -0.2) is 61.7 Å². The summed E-state index contributed by atoms with van der Waals surface area (Å²) in [6, 6.07) is 1.73. The van der Waals surface area contributed by atoms with Crippen LogP contribution in [0.15, 0.2) is 0 Å². The van der Waals surface area contributed by atoms with E-state index < -0.39 is 0 Å². The molecular weight excluding hydrogens is 222 g/mol. The molecule has 3 aliphatic rings. The van der Waals surface area contributed by atoms with E-state index in [-0.39, 0.29) is 0 Å². The first kappa shape index (κ1) is 12.9. The van der Waals surface area contributed by atoms with Gasteiger partial charge in [-0.3, -0.25) is 4.90 Å². The minimum Gasteiger partial charge on any atom is -0.316 e. The molecule has 0 spiro atoms. The Morgan fingerprint density at radius 2 is 2.06 bits per heavy atom. The van der Waals surface area contributed by atoms with E-state index in [1.807, 2.05) is 0 Å². The van der Waals surface area contributed by atoms with Crippen LogP contribution in [0.3, 0.4) is 0 Å². The maximum absolute atomic E-state index is 3.60. The van der Waals surface area contributed by atoms with Crippen LogP contribution in [0.1, 0.15) is 32.6 Å². The number of hydrogen-bond donors (Lipinski definition) is 1. The average molecular weight is 251 g/mol. The van der Waals surface area contributed by atoms with Gasteiger partial charge in [-0.05, 0) is 70.7 Å². The standard InChI is InChI=1S/C15H29N3/c1-3-15-14-10-16-9-12(14)11-18(15)13-5-4-7-17(2)8-6-13/h12-16H,3-11H2,1-2H3. The van der Waals surface area contributed by atoms with Gasteiger partial charge in [0.2, 0.25) is 0 Å². The molecule has 3 saturated heterocycles. The second-order valence-corrected chi connectivity index (χ2v) is 6.64. The molecule has 1 N–H and O–H groups in total. The van der Waals surface area contributed by atoms with Crippen LogP contribution in [0, 0.1) is 11.8 Å². The van der Waals surface area contributed by atoms with Gasteiger partial charge in [0.1, 0.15) is 0 Å². The highest BCUT2D eigenvalue weighted by atomic mass is 15.2. The topological polar surface area (TPSA) is 18.5 Å². The Kier molecular flexibility index (Phi) is 3.92. The van der Waals surface area contributed by atoms with Crippen LogP contribution < -0.4 is 5.32 Å². The van der Waals surface area contributed by atoms with E-state index in [4.69, 9.17) is 0 Å². The number of hydrogen-bond acceptors (Lipinski definition) is 3. The Hall–Kier alpha value is -0.120. The molecule has 18 heavy (non-hydrogen) atoms. The summed E-state index contributed by atoms with van der Waals surface area (Å²) in [7, 11) is 2.28. The van der Waals surface area contributed by atoms with Gasteiger partial charge in [0.25, 0.3) is 0 Å². The van der Waals surface area contributed by atoms with E-state index in [2.05, 4.69) is 29.1 Å². The molecule has 0 aromatic rings. The normalized spacial score (nSPS) is 43.0. The molecule has 0 amide bonds. The summed E-state index contributed by atoms with van der Waals surface area (Å²) >= 11 is 0. The molecule has 0 saturated carbocycles.